The van der Waals surface area contributed by atoms with Gasteiger partial charge in [-0.15, -0.1) is 0 Å². The molecule has 0 spiro atoms. The van der Waals surface area contributed by atoms with E-state index in [9.17, 15) is 9.90 Å². The van der Waals surface area contributed by atoms with Crippen molar-refractivity contribution in [1.29, 1.82) is 0 Å². The lowest BCUT2D eigenvalue weighted by Crippen LogP contribution is -2.56. The van der Waals surface area contributed by atoms with E-state index < -0.39 is 12.2 Å². The van der Waals surface area contributed by atoms with E-state index in [2.05, 4.69) is 15.2 Å². The predicted molar refractivity (Wildman–Crippen MR) is 117 cm³/mol. The first-order chi connectivity index (χ1) is 15.1. The third kappa shape index (κ3) is 4.89. The van der Waals surface area contributed by atoms with Crippen LogP contribution in [0.15, 0.2) is 48.7 Å². The number of nitrogens with zero attached hydrogens (tertiary/aromatic N) is 2. The number of likely N-dealkylation sites (tertiary alicyclic amines) is 1. The number of carbonyl (C=O) groups is 1. The first-order valence-electron chi connectivity index (χ1n) is 11.0. The minimum Gasteiger partial charge on any atom is -0.488 e. The van der Waals surface area contributed by atoms with E-state index in [4.69, 9.17) is 9.47 Å². The summed E-state index contributed by atoms with van der Waals surface area (Å²) in [5.41, 5.74) is 1.24. The zero-order valence-electron chi connectivity index (χ0n) is 18.1. The van der Waals surface area contributed by atoms with Crippen LogP contribution in [0.1, 0.15) is 35.3 Å². The normalized spacial score (nSPS) is 27.2. The number of benzene rings is 1. The molecule has 1 aliphatic carbocycles. The van der Waals surface area contributed by atoms with E-state index in [1.54, 1.807) is 25.4 Å². The Morgan fingerprint density at radius 3 is 2.58 bits per heavy atom. The molecule has 1 aromatic carbocycles. The highest BCUT2D eigenvalue weighted by molar-refractivity contribution is 5.95. The Labute approximate surface area is 183 Å². The number of amides is 1. The van der Waals surface area contributed by atoms with Gasteiger partial charge in [-0.3, -0.25) is 14.7 Å². The molecule has 4 rings (SSSR count). The molecule has 31 heavy (non-hydrogen) atoms. The summed E-state index contributed by atoms with van der Waals surface area (Å²) in [6.45, 7) is 3.46. The number of rotatable bonds is 6. The van der Waals surface area contributed by atoms with Gasteiger partial charge in [-0.25, -0.2) is 0 Å². The topological polar surface area (TPSA) is 83.9 Å². The Hall–Kier alpha value is -2.48. The molecule has 2 heterocycles. The number of nitrogens with one attached hydrogen (secondary N) is 1. The van der Waals surface area contributed by atoms with E-state index in [-0.39, 0.29) is 24.1 Å². The molecule has 166 valence electrons. The largest absolute Gasteiger partial charge is 0.488 e. The summed E-state index contributed by atoms with van der Waals surface area (Å²) in [5.74, 6) is 0.554. The quantitative estimate of drug-likeness (QED) is 0.738. The molecule has 4 atom stereocenters. The first kappa shape index (κ1) is 21.7. The van der Waals surface area contributed by atoms with Crippen molar-refractivity contribution in [1.82, 2.24) is 15.2 Å². The van der Waals surface area contributed by atoms with E-state index in [1.807, 2.05) is 37.3 Å². The molecule has 2 aliphatic rings. The lowest BCUT2D eigenvalue weighted by molar-refractivity contribution is -0.0228. The fraction of sp³-hybridized carbons (Fsp3) is 0.500. The van der Waals surface area contributed by atoms with Gasteiger partial charge in [0.25, 0.3) is 5.91 Å². The van der Waals surface area contributed by atoms with Crippen LogP contribution in [0.25, 0.3) is 0 Å². The summed E-state index contributed by atoms with van der Waals surface area (Å²) in [7, 11) is 1.74. The molecule has 1 aliphatic heterocycles. The van der Waals surface area contributed by atoms with Gasteiger partial charge < -0.3 is 19.9 Å². The molecule has 1 amide bonds. The highest BCUT2D eigenvalue weighted by Gasteiger charge is 2.48. The first-order valence-corrected chi connectivity index (χ1v) is 11.0. The molecule has 1 saturated heterocycles. The van der Waals surface area contributed by atoms with Crippen molar-refractivity contribution in [3.8, 4) is 5.75 Å². The number of ether oxygens (including phenoxy) is 2. The maximum absolute atomic E-state index is 13.0. The van der Waals surface area contributed by atoms with E-state index in [1.165, 1.54) is 0 Å². The number of aryl methyl sites for hydroxylation is 1. The van der Waals surface area contributed by atoms with Crippen molar-refractivity contribution in [2.24, 2.45) is 0 Å². The summed E-state index contributed by atoms with van der Waals surface area (Å²) in [5, 5.41) is 14.4. The monoisotopic (exact) mass is 425 g/mol. The number of hydrogen-bond acceptors (Lipinski definition) is 6. The number of para-hydroxylation sites is 1. The summed E-state index contributed by atoms with van der Waals surface area (Å²) < 4.78 is 11.6. The Morgan fingerprint density at radius 1 is 1.16 bits per heavy atom. The van der Waals surface area contributed by atoms with Gasteiger partial charge in [0.15, 0.2) is 0 Å². The second kappa shape index (κ2) is 9.77. The molecule has 0 radical (unpaired) electrons. The molecule has 1 saturated carbocycles. The van der Waals surface area contributed by atoms with Crippen LogP contribution < -0.4 is 10.1 Å². The van der Waals surface area contributed by atoms with Gasteiger partial charge in [0.1, 0.15) is 18.0 Å². The van der Waals surface area contributed by atoms with Crippen LogP contribution in [-0.4, -0.2) is 71.5 Å². The van der Waals surface area contributed by atoms with E-state index in [0.717, 1.165) is 31.7 Å². The second-order valence-corrected chi connectivity index (χ2v) is 8.37. The molecule has 7 heteroatoms. The lowest BCUT2D eigenvalue weighted by atomic mass is 10.0. The molecular formula is C24H31N3O4. The van der Waals surface area contributed by atoms with Gasteiger partial charge in [-0.05, 0) is 44.0 Å². The van der Waals surface area contributed by atoms with Crippen molar-refractivity contribution >= 4 is 5.91 Å². The molecule has 0 bridgehead atoms. The van der Waals surface area contributed by atoms with Gasteiger partial charge in [-0.2, -0.15) is 0 Å². The number of aromatic nitrogens is 1. The van der Waals surface area contributed by atoms with Gasteiger partial charge in [0.2, 0.25) is 0 Å². The molecule has 2 aromatic rings. The average molecular weight is 426 g/mol. The number of pyridine rings is 1. The Kier molecular flexibility index (Phi) is 6.85. The molecule has 7 nitrogen and oxygen atoms in total. The number of hydrogen-bond donors (Lipinski definition) is 2. The van der Waals surface area contributed by atoms with E-state index >= 15 is 0 Å². The van der Waals surface area contributed by atoms with Gasteiger partial charge in [0, 0.05) is 38.5 Å². The SMILES string of the molecule is COC1CCN([C@@H]2[C@@H](O)[C@H](Oc3ccccc3)C[C@H]2NC(=O)c2cccnc2C)CC1. The highest BCUT2D eigenvalue weighted by Crippen LogP contribution is 2.31. The van der Waals surface area contributed by atoms with Crippen molar-refractivity contribution in [2.45, 2.75) is 56.6 Å². The fourth-order valence-corrected chi connectivity index (χ4v) is 4.77. The summed E-state index contributed by atoms with van der Waals surface area (Å²) in [4.78, 5) is 19.5. The standard InChI is InChI=1S/C24H31N3O4/c1-16-19(9-6-12-25-16)24(29)26-20-15-21(31-18-7-4-3-5-8-18)23(28)22(20)27-13-10-17(30-2)11-14-27/h3-9,12,17,20-23,28H,10-11,13-15H2,1-2H3,(H,26,29)/t20-,21-,22+,23+/m1/s1. The van der Waals surface area contributed by atoms with Crippen LogP contribution in [0.4, 0.5) is 0 Å². The van der Waals surface area contributed by atoms with Gasteiger partial charge in [-0.1, -0.05) is 18.2 Å². The fourth-order valence-electron chi connectivity index (χ4n) is 4.77. The van der Waals surface area contributed by atoms with Crippen molar-refractivity contribution < 1.29 is 19.4 Å². The number of aliphatic hydroxyl groups is 1. The number of aliphatic hydroxyl groups excluding tert-OH is 1. The minimum atomic E-state index is -0.709. The van der Waals surface area contributed by atoms with Crippen LogP contribution in [0.3, 0.4) is 0 Å². The third-order valence-electron chi connectivity index (χ3n) is 6.46. The second-order valence-electron chi connectivity index (χ2n) is 8.37. The molecule has 2 N–H and O–H groups in total. The third-order valence-corrected chi connectivity index (χ3v) is 6.46. The van der Waals surface area contributed by atoms with Crippen molar-refractivity contribution in [3.63, 3.8) is 0 Å². The van der Waals surface area contributed by atoms with Gasteiger partial charge >= 0.3 is 0 Å². The van der Waals surface area contributed by atoms with Crippen LogP contribution in [0.2, 0.25) is 0 Å². The number of piperidine rings is 1. The maximum atomic E-state index is 13.0. The average Bonchev–Trinajstić information content (AvgIpc) is 3.09. The van der Waals surface area contributed by atoms with Crippen LogP contribution in [-0.2, 0) is 4.74 Å². The summed E-state index contributed by atoms with van der Waals surface area (Å²) in [6.07, 6.45) is 3.18. The Morgan fingerprint density at radius 2 is 1.90 bits per heavy atom. The van der Waals surface area contributed by atoms with Crippen LogP contribution in [0, 0.1) is 6.92 Å². The molecule has 1 aromatic heterocycles. The number of carbonyl (C=O) groups excluding carboxylic acids is 1. The van der Waals surface area contributed by atoms with Crippen molar-refractivity contribution in [2.75, 3.05) is 20.2 Å². The van der Waals surface area contributed by atoms with Gasteiger partial charge in [0.05, 0.1) is 23.8 Å². The zero-order valence-corrected chi connectivity index (χ0v) is 18.1. The van der Waals surface area contributed by atoms with E-state index in [0.29, 0.717) is 17.7 Å². The Balaban J connectivity index is 1.52. The Bertz CT molecular complexity index is 870. The maximum Gasteiger partial charge on any atom is 0.253 e. The molecular weight excluding hydrogens is 394 g/mol. The predicted octanol–water partition coefficient (Wildman–Crippen LogP) is 2.18. The summed E-state index contributed by atoms with van der Waals surface area (Å²) >= 11 is 0. The summed E-state index contributed by atoms with van der Waals surface area (Å²) in [6, 6.07) is 12.6. The van der Waals surface area contributed by atoms with Crippen LogP contribution >= 0.6 is 0 Å². The van der Waals surface area contributed by atoms with Crippen molar-refractivity contribution in [3.05, 3.63) is 59.9 Å². The smallest absolute Gasteiger partial charge is 0.253 e. The number of methoxy groups -OCH3 is 1. The molecule has 0 unspecified atom stereocenters. The highest BCUT2D eigenvalue weighted by atomic mass is 16.5. The lowest BCUT2D eigenvalue weighted by Gasteiger charge is -2.39. The van der Waals surface area contributed by atoms with Crippen LogP contribution in [0.5, 0.6) is 5.75 Å². The molecule has 2 fully saturated rings. The minimum absolute atomic E-state index is 0.167. The zero-order chi connectivity index (χ0) is 21.8.